The number of nitrogen functional groups attached to an aromatic ring is 1. The monoisotopic (exact) mass is 220 g/mol. The minimum Gasteiger partial charge on any atom is -0.397 e. The third-order valence-electron chi connectivity index (χ3n) is 3.07. The van der Waals surface area contributed by atoms with Gasteiger partial charge in [-0.3, -0.25) is 9.78 Å². The van der Waals surface area contributed by atoms with Gasteiger partial charge < -0.3 is 16.4 Å². The molecule has 5 heteroatoms. The Labute approximate surface area is 94.4 Å². The summed E-state index contributed by atoms with van der Waals surface area (Å²) in [6, 6.07) is 1.79. The molecule has 2 rings (SSSR count). The lowest BCUT2D eigenvalue weighted by Crippen LogP contribution is -2.38. The number of hydrogen-bond acceptors (Lipinski definition) is 4. The standard InChI is InChI=1S/C11H16N4O/c12-9-1-4-14-7-10(9)15-5-2-8(3-6-15)11(13)16/h1,4,7-8H,2-3,5-6H2,(H2,12,14)(H2,13,16). The Balaban J connectivity index is 2.05. The Hall–Kier alpha value is -1.78. The van der Waals surface area contributed by atoms with Crippen molar-refractivity contribution < 1.29 is 4.79 Å². The van der Waals surface area contributed by atoms with Crippen molar-refractivity contribution >= 4 is 17.3 Å². The van der Waals surface area contributed by atoms with Crippen LogP contribution in [0.3, 0.4) is 0 Å². The molecule has 4 N–H and O–H groups in total. The van der Waals surface area contributed by atoms with Crippen molar-refractivity contribution in [3.63, 3.8) is 0 Å². The summed E-state index contributed by atoms with van der Waals surface area (Å²) < 4.78 is 0. The van der Waals surface area contributed by atoms with Crippen molar-refractivity contribution in [1.82, 2.24) is 4.98 Å². The van der Waals surface area contributed by atoms with Gasteiger partial charge in [0.1, 0.15) is 0 Å². The van der Waals surface area contributed by atoms with E-state index in [1.165, 1.54) is 0 Å². The van der Waals surface area contributed by atoms with Crippen molar-refractivity contribution in [2.75, 3.05) is 23.7 Å². The van der Waals surface area contributed by atoms with Crippen LogP contribution in [-0.4, -0.2) is 24.0 Å². The van der Waals surface area contributed by atoms with Crippen molar-refractivity contribution in [2.24, 2.45) is 11.7 Å². The minimum absolute atomic E-state index is 0.00847. The van der Waals surface area contributed by atoms with Gasteiger partial charge in [0, 0.05) is 25.2 Å². The van der Waals surface area contributed by atoms with Crippen LogP contribution in [0.25, 0.3) is 0 Å². The van der Waals surface area contributed by atoms with Crippen molar-refractivity contribution in [3.05, 3.63) is 18.5 Å². The van der Waals surface area contributed by atoms with E-state index in [9.17, 15) is 4.79 Å². The smallest absolute Gasteiger partial charge is 0.220 e. The van der Waals surface area contributed by atoms with E-state index in [0.717, 1.165) is 37.3 Å². The second kappa shape index (κ2) is 4.38. The number of aromatic nitrogens is 1. The van der Waals surface area contributed by atoms with Crippen LogP contribution in [0.5, 0.6) is 0 Å². The number of rotatable bonds is 2. The number of hydrogen-bond donors (Lipinski definition) is 2. The summed E-state index contributed by atoms with van der Waals surface area (Å²) in [7, 11) is 0. The molecule has 2 heterocycles. The molecule has 0 unspecified atom stereocenters. The molecular formula is C11H16N4O. The molecule has 1 aromatic rings. The molecule has 1 amide bonds. The average molecular weight is 220 g/mol. The summed E-state index contributed by atoms with van der Waals surface area (Å²) in [5, 5.41) is 0. The number of nitrogens with zero attached hydrogens (tertiary/aromatic N) is 2. The Morgan fingerprint density at radius 2 is 2.12 bits per heavy atom. The average Bonchev–Trinajstić information content (AvgIpc) is 2.30. The maximum Gasteiger partial charge on any atom is 0.220 e. The number of anilines is 2. The topological polar surface area (TPSA) is 85.2 Å². The molecule has 1 aliphatic heterocycles. The van der Waals surface area contributed by atoms with Crippen LogP contribution in [0.4, 0.5) is 11.4 Å². The van der Waals surface area contributed by atoms with E-state index < -0.39 is 0 Å². The molecule has 0 bridgehead atoms. The predicted molar refractivity (Wildman–Crippen MR) is 62.8 cm³/mol. The van der Waals surface area contributed by atoms with Gasteiger partial charge >= 0.3 is 0 Å². The van der Waals surface area contributed by atoms with Crippen LogP contribution >= 0.6 is 0 Å². The van der Waals surface area contributed by atoms with E-state index in [2.05, 4.69) is 9.88 Å². The molecule has 16 heavy (non-hydrogen) atoms. The van der Waals surface area contributed by atoms with E-state index in [1.54, 1.807) is 18.5 Å². The summed E-state index contributed by atoms with van der Waals surface area (Å²) in [4.78, 5) is 17.2. The van der Waals surface area contributed by atoms with Crippen LogP contribution in [-0.2, 0) is 4.79 Å². The van der Waals surface area contributed by atoms with E-state index in [0.29, 0.717) is 0 Å². The van der Waals surface area contributed by atoms with Crippen LogP contribution in [0, 0.1) is 5.92 Å². The second-order valence-electron chi connectivity index (χ2n) is 4.10. The lowest BCUT2D eigenvalue weighted by molar-refractivity contribution is -0.122. The fraction of sp³-hybridized carbons (Fsp3) is 0.455. The van der Waals surface area contributed by atoms with Gasteiger partial charge in [-0.1, -0.05) is 0 Å². The molecule has 0 aliphatic carbocycles. The summed E-state index contributed by atoms with van der Waals surface area (Å²) in [5.41, 5.74) is 12.8. The lowest BCUT2D eigenvalue weighted by Gasteiger charge is -2.32. The highest BCUT2D eigenvalue weighted by molar-refractivity contribution is 5.77. The molecule has 1 aromatic heterocycles. The summed E-state index contributed by atoms with van der Waals surface area (Å²) in [5.74, 6) is -0.187. The molecule has 0 saturated carbocycles. The highest BCUT2D eigenvalue weighted by Gasteiger charge is 2.23. The first-order valence-corrected chi connectivity index (χ1v) is 5.42. The molecular weight excluding hydrogens is 204 g/mol. The van der Waals surface area contributed by atoms with Crippen molar-refractivity contribution in [1.29, 1.82) is 0 Å². The number of piperidine rings is 1. The van der Waals surface area contributed by atoms with Crippen LogP contribution in [0.15, 0.2) is 18.5 Å². The molecule has 86 valence electrons. The largest absolute Gasteiger partial charge is 0.397 e. The quantitative estimate of drug-likeness (QED) is 0.753. The summed E-state index contributed by atoms with van der Waals surface area (Å²) in [6.45, 7) is 1.62. The van der Waals surface area contributed by atoms with Gasteiger partial charge in [0.2, 0.25) is 5.91 Å². The number of amides is 1. The fourth-order valence-corrected chi connectivity index (χ4v) is 2.07. The number of carbonyl (C=O) groups excluding carboxylic acids is 1. The second-order valence-corrected chi connectivity index (χ2v) is 4.10. The summed E-state index contributed by atoms with van der Waals surface area (Å²) in [6.07, 6.45) is 5.03. The molecule has 1 fully saturated rings. The Morgan fingerprint density at radius 3 is 2.69 bits per heavy atom. The van der Waals surface area contributed by atoms with Gasteiger partial charge in [-0.05, 0) is 18.9 Å². The van der Waals surface area contributed by atoms with Gasteiger partial charge in [-0.15, -0.1) is 0 Å². The minimum atomic E-state index is -0.196. The number of nitrogens with two attached hydrogens (primary N) is 2. The third-order valence-corrected chi connectivity index (χ3v) is 3.07. The van der Waals surface area contributed by atoms with Gasteiger partial charge in [0.05, 0.1) is 17.6 Å². The zero-order valence-electron chi connectivity index (χ0n) is 9.10. The number of primary amides is 1. The van der Waals surface area contributed by atoms with E-state index >= 15 is 0 Å². The normalized spacial score (nSPS) is 17.4. The van der Waals surface area contributed by atoms with Crippen LogP contribution < -0.4 is 16.4 Å². The Kier molecular flexibility index (Phi) is 2.94. The molecule has 0 radical (unpaired) electrons. The van der Waals surface area contributed by atoms with E-state index in [4.69, 9.17) is 11.5 Å². The van der Waals surface area contributed by atoms with E-state index in [1.807, 2.05) is 0 Å². The maximum atomic E-state index is 11.0. The number of pyridine rings is 1. The van der Waals surface area contributed by atoms with E-state index in [-0.39, 0.29) is 11.8 Å². The van der Waals surface area contributed by atoms with Crippen molar-refractivity contribution in [3.8, 4) is 0 Å². The van der Waals surface area contributed by atoms with Gasteiger partial charge in [0.15, 0.2) is 0 Å². The van der Waals surface area contributed by atoms with Crippen LogP contribution in [0.1, 0.15) is 12.8 Å². The fourth-order valence-electron chi connectivity index (χ4n) is 2.07. The zero-order valence-corrected chi connectivity index (χ0v) is 9.10. The lowest BCUT2D eigenvalue weighted by atomic mass is 9.96. The highest BCUT2D eigenvalue weighted by Crippen LogP contribution is 2.26. The van der Waals surface area contributed by atoms with Gasteiger partial charge in [-0.2, -0.15) is 0 Å². The summed E-state index contributed by atoms with van der Waals surface area (Å²) >= 11 is 0. The molecule has 1 saturated heterocycles. The first-order chi connectivity index (χ1) is 7.68. The molecule has 0 aromatic carbocycles. The van der Waals surface area contributed by atoms with Crippen molar-refractivity contribution in [2.45, 2.75) is 12.8 Å². The Bertz CT molecular complexity index is 385. The van der Waals surface area contributed by atoms with Crippen LogP contribution in [0.2, 0.25) is 0 Å². The number of carbonyl (C=O) groups is 1. The Morgan fingerprint density at radius 1 is 1.44 bits per heavy atom. The molecule has 0 spiro atoms. The third kappa shape index (κ3) is 2.08. The predicted octanol–water partition coefficient (Wildman–Crippen LogP) is 0.365. The molecule has 5 nitrogen and oxygen atoms in total. The highest BCUT2D eigenvalue weighted by atomic mass is 16.1. The maximum absolute atomic E-state index is 11.0. The zero-order chi connectivity index (χ0) is 11.5. The first-order valence-electron chi connectivity index (χ1n) is 5.42. The SMILES string of the molecule is NC(=O)C1CCN(c2cnccc2N)CC1. The van der Waals surface area contributed by atoms with Gasteiger partial charge in [0.25, 0.3) is 0 Å². The molecule has 0 atom stereocenters. The molecule has 1 aliphatic rings. The first kappa shape index (κ1) is 10.7. The van der Waals surface area contributed by atoms with Gasteiger partial charge in [-0.25, -0.2) is 0 Å².